The van der Waals surface area contributed by atoms with Gasteiger partial charge in [0.05, 0.1) is 28.0 Å². The van der Waals surface area contributed by atoms with Crippen LogP contribution in [-0.2, 0) is 6.54 Å². The first-order valence-corrected chi connectivity index (χ1v) is 7.33. The molecule has 0 aliphatic heterocycles. The Balaban J connectivity index is 2.14. The van der Waals surface area contributed by atoms with Gasteiger partial charge in [0.15, 0.2) is 0 Å². The van der Waals surface area contributed by atoms with Crippen molar-refractivity contribution in [2.75, 3.05) is 13.6 Å². The molecule has 0 spiro atoms. The summed E-state index contributed by atoms with van der Waals surface area (Å²) in [5, 5.41) is 0. The van der Waals surface area contributed by atoms with Crippen LogP contribution in [0.25, 0.3) is 0 Å². The summed E-state index contributed by atoms with van der Waals surface area (Å²) >= 11 is 5.15. The van der Waals surface area contributed by atoms with Gasteiger partial charge in [-0.25, -0.2) is 4.98 Å². The van der Waals surface area contributed by atoms with Crippen molar-refractivity contribution < 1.29 is 4.42 Å². The third-order valence-corrected chi connectivity index (χ3v) is 4.52. The Morgan fingerprint density at radius 2 is 2.39 bits per heavy atom. The van der Waals surface area contributed by atoms with Crippen LogP contribution in [0.5, 0.6) is 0 Å². The van der Waals surface area contributed by atoms with Crippen LogP contribution in [0.4, 0.5) is 0 Å². The Morgan fingerprint density at radius 3 is 2.89 bits per heavy atom. The third-order valence-electron chi connectivity index (χ3n) is 2.94. The van der Waals surface area contributed by atoms with Gasteiger partial charge < -0.3 is 10.2 Å². The first-order chi connectivity index (χ1) is 8.63. The molecular formula is C12H16BrN3OS. The number of aryl methyl sites for hydroxylation is 1. The number of likely N-dealkylation sites (N-methyl/N-ethyl adjacent to an activating group) is 1. The van der Waals surface area contributed by atoms with Gasteiger partial charge in [0.25, 0.3) is 0 Å². The van der Waals surface area contributed by atoms with Crippen LogP contribution in [-0.4, -0.2) is 23.5 Å². The summed E-state index contributed by atoms with van der Waals surface area (Å²) in [6.07, 6.45) is 1.67. The monoisotopic (exact) mass is 329 g/mol. The molecule has 0 saturated heterocycles. The van der Waals surface area contributed by atoms with Gasteiger partial charge in [-0.2, -0.15) is 0 Å². The highest BCUT2D eigenvalue weighted by atomic mass is 79.9. The zero-order valence-corrected chi connectivity index (χ0v) is 12.8. The number of nitrogens with two attached hydrogens (primary N) is 1. The average molecular weight is 330 g/mol. The van der Waals surface area contributed by atoms with E-state index in [-0.39, 0.29) is 6.04 Å². The molecule has 2 N–H and O–H groups in total. The lowest BCUT2D eigenvalue weighted by molar-refractivity contribution is 0.213. The van der Waals surface area contributed by atoms with Crippen LogP contribution in [0.1, 0.15) is 22.4 Å². The maximum absolute atomic E-state index is 5.87. The number of hydrogen-bond acceptors (Lipinski definition) is 5. The molecule has 0 fully saturated rings. The van der Waals surface area contributed by atoms with Crippen molar-refractivity contribution in [2.45, 2.75) is 19.5 Å². The molecule has 18 heavy (non-hydrogen) atoms. The lowest BCUT2D eigenvalue weighted by Crippen LogP contribution is -2.30. The molecule has 2 heterocycles. The van der Waals surface area contributed by atoms with Crippen molar-refractivity contribution in [1.29, 1.82) is 0 Å². The fraction of sp³-hybridized carbons (Fsp3) is 0.417. The quantitative estimate of drug-likeness (QED) is 0.916. The van der Waals surface area contributed by atoms with E-state index in [9.17, 15) is 0 Å². The van der Waals surface area contributed by atoms with Gasteiger partial charge >= 0.3 is 0 Å². The minimum atomic E-state index is 0.0656. The molecule has 4 nitrogen and oxygen atoms in total. The number of nitrogens with zero attached hydrogens (tertiary/aromatic N) is 2. The molecule has 2 aromatic rings. The van der Waals surface area contributed by atoms with Gasteiger partial charge in [-0.1, -0.05) is 0 Å². The Morgan fingerprint density at radius 1 is 1.61 bits per heavy atom. The van der Waals surface area contributed by atoms with E-state index >= 15 is 0 Å². The third kappa shape index (κ3) is 2.83. The number of rotatable bonds is 5. The van der Waals surface area contributed by atoms with Crippen LogP contribution in [0.3, 0.4) is 0 Å². The van der Waals surface area contributed by atoms with Gasteiger partial charge in [0, 0.05) is 18.0 Å². The lowest BCUT2D eigenvalue weighted by Gasteiger charge is -2.25. The molecular weight excluding hydrogens is 314 g/mol. The molecule has 0 bridgehead atoms. The van der Waals surface area contributed by atoms with E-state index in [2.05, 4.69) is 25.8 Å². The molecule has 0 radical (unpaired) electrons. The van der Waals surface area contributed by atoms with E-state index < -0.39 is 0 Å². The maximum atomic E-state index is 5.87. The van der Waals surface area contributed by atoms with Gasteiger partial charge in [-0.15, -0.1) is 11.3 Å². The van der Waals surface area contributed by atoms with E-state index in [0.29, 0.717) is 6.54 Å². The Hall–Kier alpha value is -0.690. The molecule has 98 valence electrons. The highest BCUT2D eigenvalue weighted by Crippen LogP contribution is 2.29. The number of thiazole rings is 1. The van der Waals surface area contributed by atoms with Gasteiger partial charge in [-0.05, 0) is 36.0 Å². The summed E-state index contributed by atoms with van der Waals surface area (Å²) in [4.78, 5) is 7.71. The van der Waals surface area contributed by atoms with Crippen molar-refractivity contribution in [1.82, 2.24) is 9.88 Å². The highest BCUT2D eigenvalue weighted by molar-refractivity contribution is 9.10. The van der Waals surface area contributed by atoms with Crippen LogP contribution >= 0.6 is 27.3 Å². The number of aromatic nitrogens is 1. The summed E-state index contributed by atoms with van der Waals surface area (Å²) < 4.78 is 6.47. The zero-order valence-electron chi connectivity index (χ0n) is 10.4. The smallest absolute Gasteiger partial charge is 0.136 e. The summed E-state index contributed by atoms with van der Waals surface area (Å²) in [6, 6.07) is 1.96. The zero-order chi connectivity index (χ0) is 13.1. The van der Waals surface area contributed by atoms with Crippen LogP contribution in [0.2, 0.25) is 0 Å². The number of furan rings is 1. The number of halogens is 1. The van der Waals surface area contributed by atoms with Crippen LogP contribution in [0, 0.1) is 6.92 Å². The van der Waals surface area contributed by atoms with E-state index in [1.54, 1.807) is 17.6 Å². The summed E-state index contributed by atoms with van der Waals surface area (Å²) in [6.45, 7) is 3.37. The summed E-state index contributed by atoms with van der Waals surface area (Å²) in [5.74, 6) is 0.877. The van der Waals surface area contributed by atoms with Crippen molar-refractivity contribution >= 4 is 27.3 Å². The topological polar surface area (TPSA) is 55.3 Å². The highest BCUT2D eigenvalue weighted by Gasteiger charge is 2.22. The molecule has 0 amide bonds. The molecule has 0 aliphatic carbocycles. The molecule has 0 aliphatic rings. The second-order valence-corrected chi connectivity index (χ2v) is 5.95. The largest absolute Gasteiger partial charge is 0.466 e. The lowest BCUT2D eigenvalue weighted by atomic mass is 10.2. The summed E-state index contributed by atoms with van der Waals surface area (Å²) in [5.41, 5.74) is 8.82. The van der Waals surface area contributed by atoms with E-state index in [0.717, 1.165) is 22.5 Å². The Bertz CT molecular complexity index is 511. The van der Waals surface area contributed by atoms with Crippen molar-refractivity contribution in [3.05, 3.63) is 38.6 Å². The SMILES string of the molecule is Cc1ncsc1CN(C)C(CN)c1occc1Br. The van der Waals surface area contributed by atoms with Gasteiger partial charge in [0.2, 0.25) is 0 Å². The van der Waals surface area contributed by atoms with Gasteiger partial charge in [-0.3, -0.25) is 4.90 Å². The normalized spacial score (nSPS) is 13.2. The molecule has 0 aromatic carbocycles. The van der Waals surface area contributed by atoms with E-state index in [4.69, 9.17) is 10.2 Å². The minimum Gasteiger partial charge on any atom is -0.466 e. The Labute approximate surface area is 119 Å². The van der Waals surface area contributed by atoms with E-state index in [1.165, 1.54) is 4.88 Å². The van der Waals surface area contributed by atoms with Gasteiger partial charge in [0.1, 0.15) is 5.76 Å². The molecule has 1 unspecified atom stereocenters. The molecule has 6 heteroatoms. The molecule has 2 rings (SSSR count). The molecule has 0 saturated carbocycles. The first kappa shape index (κ1) is 13.7. The van der Waals surface area contributed by atoms with Crippen LogP contribution < -0.4 is 5.73 Å². The van der Waals surface area contributed by atoms with Crippen LogP contribution in [0.15, 0.2) is 26.7 Å². The van der Waals surface area contributed by atoms with Crippen molar-refractivity contribution in [3.8, 4) is 0 Å². The fourth-order valence-electron chi connectivity index (χ4n) is 1.85. The minimum absolute atomic E-state index is 0.0656. The number of hydrogen-bond donors (Lipinski definition) is 1. The van der Waals surface area contributed by atoms with Crippen molar-refractivity contribution in [3.63, 3.8) is 0 Å². The van der Waals surface area contributed by atoms with Crippen molar-refractivity contribution in [2.24, 2.45) is 5.73 Å². The predicted molar refractivity (Wildman–Crippen MR) is 76.5 cm³/mol. The molecule has 2 aromatic heterocycles. The Kier molecular flexibility index (Phi) is 4.55. The predicted octanol–water partition coefficient (Wildman–Crippen LogP) is 2.94. The molecule has 1 atom stereocenters. The fourth-order valence-corrected chi connectivity index (χ4v) is 3.15. The first-order valence-electron chi connectivity index (χ1n) is 5.65. The maximum Gasteiger partial charge on any atom is 0.136 e. The average Bonchev–Trinajstić information content (AvgIpc) is 2.91. The van der Waals surface area contributed by atoms with E-state index in [1.807, 2.05) is 25.5 Å². The second-order valence-electron chi connectivity index (χ2n) is 4.16. The second kappa shape index (κ2) is 5.97. The summed E-state index contributed by atoms with van der Waals surface area (Å²) in [7, 11) is 2.05. The standard InChI is InChI=1S/C12H16BrN3OS/c1-8-11(18-7-15-8)6-16(2)10(5-14)12-9(13)3-4-17-12/h3-4,7,10H,5-6,14H2,1-2H3.